The third kappa shape index (κ3) is 1.19. The molecule has 2 aromatic rings. The van der Waals surface area contributed by atoms with E-state index in [4.69, 9.17) is 11.6 Å². The molecule has 1 aromatic heterocycles. The molecular formula is C8H4ClFN2O. The van der Waals surface area contributed by atoms with Gasteiger partial charge in [0.1, 0.15) is 11.3 Å². The molecule has 0 unspecified atom stereocenters. The smallest absolute Gasteiger partial charge is 0.257 e. The minimum atomic E-state index is -0.838. The monoisotopic (exact) mass is 198 g/mol. The number of H-pyrrole nitrogens is 1. The zero-order chi connectivity index (χ0) is 9.42. The molecule has 0 fully saturated rings. The predicted octanol–water partition coefficient (Wildman–Crippen LogP) is 2.08. The van der Waals surface area contributed by atoms with Gasteiger partial charge in [0.05, 0.1) is 17.4 Å². The third-order valence-electron chi connectivity index (χ3n) is 1.74. The summed E-state index contributed by atoms with van der Waals surface area (Å²) in [5.41, 5.74) is 0.672. The first-order valence-electron chi connectivity index (χ1n) is 3.51. The Hall–Kier alpha value is -1.42. The predicted molar refractivity (Wildman–Crippen MR) is 46.2 cm³/mol. The molecule has 5 heteroatoms. The summed E-state index contributed by atoms with van der Waals surface area (Å²) in [6.45, 7) is 0. The molecule has 1 N–H and O–H groups in total. The van der Waals surface area contributed by atoms with E-state index in [1.54, 1.807) is 0 Å². The molecule has 0 bridgehead atoms. The molecule has 66 valence electrons. The number of fused-ring (bicyclic) bond motifs is 1. The maximum absolute atomic E-state index is 13.1. The van der Waals surface area contributed by atoms with Crippen LogP contribution in [0.1, 0.15) is 10.4 Å². The Balaban J connectivity index is 2.88. The van der Waals surface area contributed by atoms with Gasteiger partial charge in [0, 0.05) is 0 Å². The fourth-order valence-corrected chi connectivity index (χ4v) is 1.35. The molecule has 0 atom stereocenters. The van der Waals surface area contributed by atoms with E-state index in [1.807, 2.05) is 0 Å². The Bertz CT molecular complexity index is 480. The van der Waals surface area contributed by atoms with Crippen LogP contribution in [0.3, 0.4) is 0 Å². The van der Waals surface area contributed by atoms with Crippen LogP contribution in [0.2, 0.25) is 0 Å². The quantitative estimate of drug-likeness (QED) is 0.713. The van der Waals surface area contributed by atoms with E-state index in [1.165, 1.54) is 18.5 Å². The van der Waals surface area contributed by atoms with Crippen LogP contribution in [-0.2, 0) is 0 Å². The molecule has 0 spiro atoms. The van der Waals surface area contributed by atoms with Crippen LogP contribution in [0.5, 0.6) is 0 Å². The summed E-state index contributed by atoms with van der Waals surface area (Å²) in [5, 5.41) is -0.838. The largest absolute Gasteiger partial charge is 0.345 e. The second-order valence-corrected chi connectivity index (χ2v) is 2.84. The van der Waals surface area contributed by atoms with Crippen molar-refractivity contribution in [3.05, 3.63) is 29.8 Å². The normalized spacial score (nSPS) is 10.6. The highest BCUT2D eigenvalue weighted by Crippen LogP contribution is 2.19. The van der Waals surface area contributed by atoms with Gasteiger partial charge in [-0.1, -0.05) is 0 Å². The van der Waals surface area contributed by atoms with Crippen molar-refractivity contribution in [1.29, 1.82) is 0 Å². The number of nitrogens with one attached hydrogen (secondary N) is 1. The highest BCUT2D eigenvalue weighted by Gasteiger charge is 2.14. The number of hydrogen-bond acceptors (Lipinski definition) is 2. The molecule has 0 saturated heterocycles. The Labute approximate surface area is 77.5 Å². The summed E-state index contributed by atoms with van der Waals surface area (Å²) >= 11 is 5.21. The Kier molecular flexibility index (Phi) is 1.77. The van der Waals surface area contributed by atoms with Crippen molar-refractivity contribution in [2.24, 2.45) is 0 Å². The van der Waals surface area contributed by atoms with Gasteiger partial charge in [0.25, 0.3) is 5.24 Å². The van der Waals surface area contributed by atoms with E-state index in [0.717, 1.165) is 0 Å². The highest BCUT2D eigenvalue weighted by atomic mass is 35.5. The number of benzene rings is 1. The van der Waals surface area contributed by atoms with Gasteiger partial charge in [0.2, 0.25) is 0 Å². The fourth-order valence-electron chi connectivity index (χ4n) is 1.17. The third-order valence-corrected chi connectivity index (χ3v) is 1.93. The van der Waals surface area contributed by atoms with Crippen LogP contribution in [0.25, 0.3) is 11.0 Å². The molecule has 1 aromatic carbocycles. The number of hydrogen-bond donors (Lipinski definition) is 1. The van der Waals surface area contributed by atoms with Crippen LogP contribution in [0, 0.1) is 5.82 Å². The lowest BCUT2D eigenvalue weighted by molar-refractivity contribution is 0.107. The second kappa shape index (κ2) is 2.81. The van der Waals surface area contributed by atoms with Gasteiger partial charge in [-0.05, 0) is 23.7 Å². The van der Waals surface area contributed by atoms with Crippen molar-refractivity contribution >= 4 is 27.9 Å². The molecule has 13 heavy (non-hydrogen) atoms. The van der Waals surface area contributed by atoms with Crippen molar-refractivity contribution in [1.82, 2.24) is 9.97 Å². The van der Waals surface area contributed by atoms with Gasteiger partial charge >= 0.3 is 0 Å². The first-order chi connectivity index (χ1) is 6.20. The van der Waals surface area contributed by atoms with E-state index in [0.29, 0.717) is 5.52 Å². The minimum absolute atomic E-state index is 0.180. The van der Waals surface area contributed by atoms with Gasteiger partial charge < -0.3 is 4.98 Å². The minimum Gasteiger partial charge on any atom is -0.345 e. The van der Waals surface area contributed by atoms with Crippen LogP contribution >= 0.6 is 11.6 Å². The maximum Gasteiger partial charge on any atom is 0.257 e. The lowest BCUT2D eigenvalue weighted by atomic mass is 10.2. The molecular weight excluding hydrogens is 195 g/mol. The first-order valence-corrected chi connectivity index (χ1v) is 3.89. The van der Waals surface area contributed by atoms with E-state index in [9.17, 15) is 9.18 Å². The SMILES string of the molecule is O=C(Cl)c1c(F)ccc2[nH]cnc12. The van der Waals surface area contributed by atoms with Crippen LogP contribution in [0.4, 0.5) is 4.39 Å². The summed E-state index contributed by atoms with van der Waals surface area (Å²) in [4.78, 5) is 17.4. The number of carbonyl (C=O) groups excluding carboxylic acids is 1. The Morgan fingerprint density at radius 1 is 1.54 bits per heavy atom. The molecule has 0 aliphatic carbocycles. The number of aromatic amines is 1. The van der Waals surface area contributed by atoms with Crippen molar-refractivity contribution in [2.75, 3.05) is 0 Å². The summed E-state index contributed by atoms with van der Waals surface area (Å²) in [6, 6.07) is 2.68. The van der Waals surface area contributed by atoms with Gasteiger partial charge in [-0.15, -0.1) is 0 Å². The zero-order valence-corrected chi connectivity index (χ0v) is 7.10. The van der Waals surface area contributed by atoms with E-state index in [-0.39, 0.29) is 11.1 Å². The number of imidazole rings is 1. The van der Waals surface area contributed by atoms with Gasteiger partial charge in [0.15, 0.2) is 0 Å². The van der Waals surface area contributed by atoms with Gasteiger partial charge in [-0.2, -0.15) is 0 Å². The van der Waals surface area contributed by atoms with Crippen LogP contribution in [0.15, 0.2) is 18.5 Å². The molecule has 1 heterocycles. The summed E-state index contributed by atoms with van der Waals surface area (Å²) in [7, 11) is 0. The lowest BCUT2D eigenvalue weighted by Crippen LogP contribution is -1.95. The summed E-state index contributed by atoms with van der Waals surface area (Å²) in [6.07, 6.45) is 1.38. The molecule has 0 radical (unpaired) electrons. The molecule has 0 aliphatic rings. The van der Waals surface area contributed by atoms with Gasteiger partial charge in [-0.25, -0.2) is 9.37 Å². The molecule has 2 rings (SSSR count). The highest BCUT2D eigenvalue weighted by molar-refractivity contribution is 6.68. The van der Waals surface area contributed by atoms with E-state index in [2.05, 4.69) is 9.97 Å². The van der Waals surface area contributed by atoms with Crippen LogP contribution < -0.4 is 0 Å². The average molecular weight is 199 g/mol. The van der Waals surface area contributed by atoms with Crippen molar-refractivity contribution < 1.29 is 9.18 Å². The summed E-state index contributed by atoms with van der Waals surface area (Å²) in [5.74, 6) is -0.653. The fraction of sp³-hybridized carbons (Fsp3) is 0. The Morgan fingerprint density at radius 2 is 2.31 bits per heavy atom. The average Bonchev–Trinajstić information content (AvgIpc) is 2.50. The van der Waals surface area contributed by atoms with E-state index < -0.39 is 11.1 Å². The molecule has 3 nitrogen and oxygen atoms in total. The van der Waals surface area contributed by atoms with Crippen molar-refractivity contribution in [2.45, 2.75) is 0 Å². The zero-order valence-electron chi connectivity index (χ0n) is 6.34. The number of halogens is 2. The number of carbonyl (C=O) groups is 1. The molecule has 0 amide bonds. The van der Waals surface area contributed by atoms with Gasteiger partial charge in [-0.3, -0.25) is 4.79 Å². The molecule has 0 saturated carbocycles. The lowest BCUT2D eigenvalue weighted by Gasteiger charge is -1.96. The number of nitrogens with zero attached hydrogens (tertiary/aromatic N) is 1. The molecule has 0 aliphatic heterocycles. The Morgan fingerprint density at radius 3 is 3.00 bits per heavy atom. The standard InChI is InChI=1S/C8H4ClFN2O/c9-8(13)6-4(10)1-2-5-7(6)12-3-11-5/h1-3H,(H,11,12). The summed E-state index contributed by atoms with van der Waals surface area (Å²) < 4.78 is 13.1. The van der Waals surface area contributed by atoms with Crippen molar-refractivity contribution in [3.63, 3.8) is 0 Å². The number of rotatable bonds is 1. The van der Waals surface area contributed by atoms with Crippen LogP contribution in [-0.4, -0.2) is 15.2 Å². The maximum atomic E-state index is 13.1. The topological polar surface area (TPSA) is 45.8 Å². The first kappa shape index (κ1) is 8.19. The number of aromatic nitrogens is 2. The van der Waals surface area contributed by atoms with Crippen molar-refractivity contribution in [3.8, 4) is 0 Å². The second-order valence-electron chi connectivity index (χ2n) is 2.49. The van der Waals surface area contributed by atoms with E-state index >= 15 is 0 Å².